The lowest BCUT2D eigenvalue weighted by atomic mass is 9.48. The number of rotatable bonds is 4. The summed E-state index contributed by atoms with van der Waals surface area (Å²) in [7, 11) is 0. The topological polar surface area (TPSA) is 72.2 Å². The van der Waals surface area contributed by atoms with Crippen LogP contribution in [0.3, 0.4) is 0 Å². The third-order valence-electron chi connectivity index (χ3n) is 6.75. The van der Waals surface area contributed by atoms with E-state index < -0.39 is 10.8 Å². The molecule has 1 atom stereocenters. The molecule has 1 aromatic carbocycles. The summed E-state index contributed by atoms with van der Waals surface area (Å²) < 4.78 is 0. The fraction of sp³-hybridized carbons (Fsp3) is 0.632. The molecule has 134 valence electrons. The maximum atomic E-state index is 12.8. The Balaban J connectivity index is 1.55. The van der Waals surface area contributed by atoms with E-state index in [1.54, 1.807) is 0 Å². The SMILES string of the molecule is C[C@H](NC(=O)c1cc(Cl)ccc1[N+](=O)[O-])C12CC3CC(CC(C3)C1)C2. The Hall–Kier alpha value is -1.62. The Bertz CT molecular complexity index is 698. The second-order valence-corrected chi connectivity index (χ2v) is 8.83. The van der Waals surface area contributed by atoms with Crippen LogP contribution in [-0.4, -0.2) is 16.9 Å². The number of amides is 1. The van der Waals surface area contributed by atoms with Gasteiger partial charge in [-0.05, 0) is 80.8 Å². The molecule has 4 aliphatic carbocycles. The van der Waals surface area contributed by atoms with E-state index in [2.05, 4.69) is 12.2 Å². The first-order valence-corrected chi connectivity index (χ1v) is 9.49. The average Bonchev–Trinajstić information content (AvgIpc) is 2.53. The monoisotopic (exact) mass is 362 g/mol. The van der Waals surface area contributed by atoms with Crippen LogP contribution in [0, 0.1) is 33.3 Å². The molecule has 0 spiro atoms. The second kappa shape index (κ2) is 5.97. The number of nitrogens with one attached hydrogen (secondary N) is 1. The summed E-state index contributed by atoms with van der Waals surface area (Å²) in [6, 6.07) is 4.15. The van der Waals surface area contributed by atoms with Crippen molar-refractivity contribution in [1.29, 1.82) is 0 Å². The van der Waals surface area contributed by atoms with Gasteiger partial charge in [0.25, 0.3) is 11.6 Å². The predicted molar refractivity (Wildman–Crippen MR) is 95.6 cm³/mol. The van der Waals surface area contributed by atoms with Gasteiger partial charge in [0.2, 0.25) is 0 Å². The predicted octanol–water partition coefficient (Wildman–Crippen LogP) is 4.58. The molecule has 4 bridgehead atoms. The first kappa shape index (κ1) is 16.8. The molecule has 5 nitrogen and oxygen atoms in total. The van der Waals surface area contributed by atoms with Crippen molar-refractivity contribution < 1.29 is 9.72 Å². The number of halogens is 1. The normalized spacial score (nSPS) is 33.9. The Morgan fingerprint density at radius 2 is 1.80 bits per heavy atom. The molecule has 4 fully saturated rings. The number of nitrogens with zero attached hydrogens (tertiary/aromatic N) is 1. The number of hydrogen-bond acceptors (Lipinski definition) is 3. The molecule has 6 heteroatoms. The summed E-state index contributed by atoms with van der Waals surface area (Å²) >= 11 is 5.96. The number of nitro benzene ring substituents is 1. The van der Waals surface area contributed by atoms with Crippen molar-refractivity contribution in [3.8, 4) is 0 Å². The first-order valence-electron chi connectivity index (χ1n) is 9.11. The van der Waals surface area contributed by atoms with Gasteiger partial charge in [-0.15, -0.1) is 0 Å². The van der Waals surface area contributed by atoms with Crippen LogP contribution < -0.4 is 5.32 Å². The van der Waals surface area contributed by atoms with Gasteiger partial charge in [0.1, 0.15) is 5.56 Å². The maximum Gasteiger partial charge on any atom is 0.282 e. The van der Waals surface area contributed by atoms with E-state index >= 15 is 0 Å². The van der Waals surface area contributed by atoms with Gasteiger partial charge in [0.05, 0.1) is 4.92 Å². The van der Waals surface area contributed by atoms with Gasteiger partial charge in [-0.3, -0.25) is 14.9 Å². The lowest BCUT2D eigenvalue weighted by Crippen LogP contribution is -2.55. The molecule has 1 N–H and O–H groups in total. The number of carbonyl (C=O) groups is 1. The van der Waals surface area contributed by atoms with Crippen LogP contribution in [0.1, 0.15) is 55.8 Å². The fourth-order valence-electron chi connectivity index (χ4n) is 5.98. The zero-order valence-electron chi connectivity index (χ0n) is 14.3. The highest BCUT2D eigenvalue weighted by Crippen LogP contribution is 2.61. The van der Waals surface area contributed by atoms with Crippen molar-refractivity contribution in [2.24, 2.45) is 23.2 Å². The molecule has 0 saturated heterocycles. The molecule has 4 saturated carbocycles. The highest BCUT2D eigenvalue weighted by atomic mass is 35.5. The third kappa shape index (κ3) is 2.92. The van der Waals surface area contributed by atoms with Crippen LogP contribution in [-0.2, 0) is 0 Å². The van der Waals surface area contributed by atoms with E-state index in [1.807, 2.05) is 0 Å². The van der Waals surface area contributed by atoms with Crippen LogP contribution in [0.15, 0.2) is 18.2 Å². The first-order chi connectivity index (χ1) is 11.9. The standard InChI is InChI=1S/C19H23ClN2O3/c1-11(19-8-12-4-13(9-19)6-14(5-12)10-19)21-18(23)16-7-15(20)2-3-17(16)22(24)25/h2-3,7,11-14H,4-6,8-10H2,1H3,(H,21,23)/t11-,12?,13?,14?,19?/m0/s1. The van der Waals surface area contributed by atoms with Gasteiger partial charge in [-0.2, -0.15) is 0 Å². The molecule has 1 aromatic rings. The molecule has 1 amide bonds. The highest BCUT2D eigenvalue weighted by Gasteiger charge is 2.53. The minimum absolute atomic E-state index is 0.0204. The van der Waals surface area contributed by atoms with E-state index in [4.69, 9.17) is 11.6 Å². The van der Waals surface area contributed by atoms with E-state index in [0.717, 1.165) is 17.8 Å². The third-order valence-corrected chi connectivity index (χ3v) is 6.99. The molecule has 25 heavy (non-hydrogen) atoms. The minimum atomic E-state index is -0.527. The Morgan fingerprint density at radius 1 is 1.24 bits per heavy atom. The fourth-order valence-corrected chi connectivity index (χ4v) is 6.16. The summed E-state index contributed by atoms with van der Waals surface area (Å²) in [5, 5.41) is 14.6. The Morgan fingerprint density at radius 3 is 2.32 bits per heavy atom. The largest absolute Gasteiger partial charge is 0.349 e. The summed E-state index contributed by atoms with van der Waals surface area (Å²) in [6.07, 6.45) is 7.58. The molecule has 0 aliphatic heterocycles. The van der Waals surface area contributed by atoms with Gasteiger partial charge in [0.15, 0.2) is 0 Å². The second-order valence-electron chi connectivity index (χ2n) is 8.39. The smallest absolute Gasteiger partial charge is 0.282 e. The lowest BCUT2D eigenvalue weighted by Gasteiger charge is -2.59. The molecule has 5 rings (SSSR count). The molecule has 0 radical (unpaired) electrons. The van der Waals surface area contributed by atoms with Crippen molar-refractivity contribution in [3.05, 3.63) is 38.9 Å². The van der Waals surface area contributed by atoms with Crippen LogP contribution in [0.25, 0.3) is 0 Å². The molecule has 0 heterocycles. The van der Waals surface area contributed by atoms with E-state index in [0.29, 0.717) is 5.02 Å². The molecular weight excluding hydrogens is 340 g/mol. The summed E-state index contributed by atoms with van der Waals surface area (Å²) in [5.74, 6) is 2.00. The van der Waals surface area contributed by atoms with Crippen LogP contribution in [0.4, 0.5) is 5.69 Å². The van der Waals surface area contributed by atoms with Gasteiger partial charge < -0.3 is 5.32 Å². The van der Waals surface area contributed by atoms with Crippen LogP contribution in [0.2, 0.25) is 5.02 Å². The summed E-state index contributed by atoms with van der Waals surface area (Å²) in [4.78, 5) is 23.5. The Labute approximate surface area is 152 Å². The van der Waals surface area contributed by atoms with Crippen molar-refractivity contribution in [2.45, 2.75) is 51.5 Å². The average molecular weight is 363 g/mol. The Kier molecular flexibility index (Phi) is 4.02. The van der Waals surface area contributed by atoms with Crippen molar-refractivity contribution in [1.82, 2.24) is 5.32 Å². The number of carbonyl (C=O) groups excluding carboxylic acids is 1. The van der Waals surface area contributed by atoms with Gasteiger partial charge in [-0.1, -0.05) is 11.6 Å². The highest BCUT2D eigenvalue weighted by molar-refractivity contribution is 6.31. The van der Waals surface area contributed by atoms with Crippen molar-refractivity contribution in [3.63, 3.8) is 0 Å². The van der Waals surface area contributed by atoms with E-state index in [9.17, 15) is 14.9 Å². The van der Waals surface area contributed by atoms with Crippen LogP contribution >= 0.6 is 11.6 Å². The molecular formula is C19H23ClN2O3. The van der Waals surface area contributed by atoms with Crippen LogP contribution in [0.5, 0.6) is 0 Å². The minimum Gasteiger partial charge on any atom is -0.349 e. The van der Waals surface area contributed by atoms with Crippen molar-refractivity contribution >= 4 is 23.2 Å². The number of hydrogen-bond donors (Lipinski definition) is 1. The molecule has 4 aliphatic rings. The number of benzene rings is 1. The zero-order chi connectivity index (χ0) is 17.8. The van der Waals surface area contributed by atoms with E-state index in [1.165, 1.54) is 56.7 Å². The molecule has 0 unspecified atom stereocenters. The number of nitro groups is 1. The zero-order valence-corrected chi connectivity index (χ0v) is 15.1. The van der Waals surface area contributed by atoms with E-state index in [-0.39, 0.29) is 22.7 Å². The van der Waals surface area contributed by atoms with Gasteiger partial charge in [0, 0.05) is 17.1 Å². The maximum absolute atomic E-state index is 12.8. The van der Waals surface area contributed by atoms with Crippen molar-refractivity contribution in [2.75, 3.05) is 0 Å². The summed E-state index contributed by atoms with van der Waals surface area (Å²) in [5.41, 5.74) is 0.0197. The lowest BCUT2D eigenvalue weighted by molar-refractivity contribution is -0.385. The van der Waals surface area contributed by atoms with Gasteiger partial charge >= 0.3 is 0 Å². The van der Waals surface area contributed by atoms with Gasteiger partial charge in [-0.25, -0.2) is 0 Å². The quantitative estimate of drug-likeness (QED) is 0.629. The summed E-state index contributed by atoms with van der Waals surface area (Å²) in [6.45, 7) is 2.07. The molecule has 0 aromatic heterocycles.